The third-order valence-electron chi connectivity index (χ3n) is 2.98. The van der Waals surface area contributed by atoms with Crippen LogP contribution in [0.4, 0.5) is 5.69 Å². The maximum atomic E-state index is 11.2. The molecule has 0 radical (unpaired) electrons. The van der Waals surface area contributed by atoms with E-state index in [1.165, 1.54) is 19.4 Å². The number of carbonyl (C=O) groups excluding carboxylic acids is 1. The topological polar surface area (TPSA) is 88.8 Å². The molecule has 6 nitrogen and oxygen atoms in total. The smallest absolute Gasteiger partial charge is 0.312 e. The summed E-state index contributed by atoms with van der Waals surface area (Å²) in [5.74, 6) is 0.250. The molecule has 0 atom stereocenters. The van der Waals surface area contributed by atoms with Crippen molar-refractivity contribution in [2.24, 2.45) is 4.99 Å². The van der Waals surface area contributed by atoms with Crippen LogP contribution < -0.4 is 0 Å². The third-order valence-corrected chi connectivity index (χ3v) is 2.98. The van der Waals surface area contributed by atoms with Crippen LogP contribution in [0.15, 0.2) is 56.5 Å². The lowest BCUT2D eigenvalue weighted by atomic mass is 10.1. The summed E-state index contributed by atoms with van der Waals surface area (Å²) in [5, 5.41) is 9.72. The average Bonchev–Trinajstić information content (AvgIpc) is 3.15. The Morgan fingerprint density at radius 3 is 2.68 bits per heavy atom. The van der Waals surface area contributed by atoms with Gasteiger partial charge in [-0.3, -0.25) is 9.79 Å². The number of ketones is 1. The largest absolute Gasteiger partial charge is 0.479 e. The summed E-state index contributed by atoms with van der Waals surface area (Å²) in [6.45, 7) is 1.50. The molecule has 1 aromatic carbocycles. The van der Waals surface area contributed by atoms with Gasteiger partial charge < -0.3 is 13.9 Å². The van der Waals surface area contributed by atoms with Crippen molar-refractivity contribution in [3.8, 4) is 17.6 Å². The minimum atomic E-state index is -0.337. The summed E-state index contributed by atoms with van der Waals surface area (Å²) in [4.78, 5) is 19.5. The highest BCUT2D eigenvalue weighted by molar-refractivity contribution is 5.94. The molecule has 22 heavy (non-hydrogen) atoms. The van der Waals surface area contributed by atoms with Crippen LogP contribution in [0.25, 0.3) is 11.7 Å². The first-order valence-corrected chi connectivity index (χ1v) is 6.52. The molecule has 0 bridgehead atoms. The van der Waals surface area contributed by atoms with Gasteiger partial charge in [-0.25, -0.2) is 4.98 Å². The number of benzene rings is 1. The Balaban J connectivity index is 1.82. The lowest BCUT2D eigenvalue weighted by Crippen LogP contribution is -1.89. The number of Topliss-reactive ketones (excluding diaryl/α,β-unsaturated/α-hetero) is 1. The number of carbonyl (C=O) groups is 1. The molecule has 0 aliphatic carbocycles. The number of hydrogen-bond donors (Lipinski definition) is 1. The number of hydrogen-bond acceptors (Lipinski definition) is 6. The SMILES string of the molecule is CC(=O)c1ccc(N=Cc2nc(-c3ccco3)oc2O)cc1. The Bertz CT molecular complexity index is 814. The predicted molar refractivity (Wildman–Crippen MR) is 79.6 cm³/mol. The van der Waals surface area contributed by atoms with E-state index in [-0.39, 0.29) is 23.3 Å². The van der Waals surface area contributed by atoms with Gasteiger partial charge in [0.25, 0.3) is 5.89 Å². The van der Waals surface area contributed by atoms with E-state index >= 15 is 0 Å². The van der Waals surface area contributed by atoms with Gasteiger partial charge in [-0.1, -0.05) is 0 Å². The van der Waals surface area contributed by atoms with Crippen LogP contribution in [-0.2, 0) is 0 Å². The predicted octanol–water partition coefficient (Wildman–Crippen LogP) is 3.59. The summed E-state index contributed by atoms with van der Waals surface area (Å²) in [6.07, 6.45) is 2.87. The molecule has 0 aliphatic rings. The van der Waals surface area contributed by atoms with E-state index in [0.717, 1.165) is 0 Å². The molecule has 3 rings (SSSR count). The molecule has 2 aromatic heterocycles. The Labute approximate surface area is 125 Å². The highest BCUT2D eigenvalue weighted by atomic mass is 16.5. The highest BCUT2D eigenvalue weighted by Crippen LogP contribution is 2.26. The standard InChI is InChI=1S/C16H12N2O4/c1-10(19)11-4-6-12(7-5-11)17-9-13-16(20)22-15(18-13)14-3-2-8-21-14/h2-9,20H,1H3. The Hall–Kier alpha value is -3.15. The van der Waals surface area contributed by atoms with Crippen LogP contribution >= 0.6 is 0 Å². The third kappa shape index (κ3) is 2.80. The molecular weight excluding hydrogens is 284 g/mol. The number of rotatable bonds is 4. The van der Waals surface area contributed by atoms with E-state index in [0.29, 0.717) is 17.0 Å². The fourth-order valence-electron chi connectivity index (χ4n) is 1.83. The molecular formula is C16H12N2O4. The van der Waals surface area contributed by atoms with Crippen molar-refractivity contribution in [1.29, 1.82) is 0 Å². The van der Waals surface area contributed by atoms with Gasteiger partial charge in [0.2, 0.25) is 0 Å². The van der Waals surface area contributed by atoms with Crippen LogP contribution in [0.5, 0.6) is 5.95 Å². The van der Waals surface area contributed by atoms with Crippen molar-refractivity contribution in [2.45, 2.75) is 6.92 Å². The quantitative estimate of drug-likeness (QED) is 0.587. The molecule has 3 aromatic rings. The second-order valence-corrected chi connectivity index (χ2v) is 4.55. The summed E-state index contributed by atoms with van der Waals surface area (Å²) < 4.78 is 10.3. The van der Waals surface area contributed by atoms with Crippen LogP contribution in [0.2, 0.25) is 0 Å². The van der Waals surface area contributed by atoms with Crippen molar-refractivity contribution in [1.82, 2.24) is 4.98 Å². The second-order valence-electron chi connectivity index (χ2n) is 4.55. The zero-order valence-electron chi connectivity index (χ0n) is 11.7. The van der Waals surface area contributed by atoms with Gasteiger partial charge in [0.05, 0.1) is 18.2 Å². The van der Waals surface area contributed by atoms with E-state index in [9.17, 15) is 9.90 Å². The normalized spacial score (nSPS) is 11.1. The fourth-order valence-corrected chi connectivity index (χ4v) is 1.83. The molecule has 0 spiro atoms. The van der Waals surface area contributed by atoms with Crippen LogP contribution in [0.1, 0.15) is 23.0 Å². The van der Waals surface area contributed by atoms with E-state index in [2.05, 4.69) is 9.98 Å². The first kappa shape index (κ1) is 13.8. The van der Waals surface area contributed by atoms with Crippen molar-refractivity contribution < 1.29 is 18.7 Å². The van der Waals surface area contributed by atoms with Gasteiger partial charge in [-0.2, -0.15) is 0 Å². The molecule has 0 aliphatic heterocycles. The minimum absolute atomic E-state index is 0.00670. The maximum Gasteiger partial charge on any atom is 0.312 e. The van der Waals surface area contributed by atoms with Gasteiger partial charge in [-0.15, -0.1) is 0 Å². The first-order valence-electron chi connectivity index (χ1n) is 6.52. The minimum Gasteiger partial charge on any atom is -0.479 e. The number of nitrogens with zero attached hydrogens (tertiary/aromatic N) is 2. The monoisotopic (exact) mass is 296 g/mol. The van der Waals surface area contributed by atoms with Gasteiger partial charge in [0, 0.05) is 5.56 Å². The van der Waals surface area contributed by atoms with Gasteiger partial charge in [0.1, 0.15) is 0 Å². The Morgan fingerprint density at radius 1 is 1.27 bits per heavy atom. The summed E-state index contributed by atoms with van der Waals surface area (Å²) in [6, 6.07) is 10.2. The van der Waals surface area contributed by atoms with Crippen LogP contribution in [0, 0.1) is 0 Å². The zero-order chi connectivity index (χ0) is 15.5. The molecule has 0 saturated carbocycles. The molecule has 2 heterocycles. The average molecular weight is 296 g/mol. The van der Waals surface area contributed by atoms with Gasteiger partial charge >= 0.3 is 5.95 Å². The molecule has 0 unspecified atom stereocenters. The Morgan fingerprint density at radius 2 is 2.05 bits per heavy atom. The second kappa shape index (κ2) is 5.69. The Kier molecular flexibility index (Phi) is 3.57. The zero-order valence-corrected chi connectivity index (χ0v) is 11.7. The summed E-state index contributed by atoms with van der Waals surface area (Å²) in [7, 11) is 0. The van der Waals surface area contributed by atoms with Crippen molar-refractivity contribution in [3.05, 3.63) is 53.9 Å². The molecule has 0 fully saturated rings. The van der Waals surface area contributed by atoms with Crippen LogP contribution in [-0.4, -0.2) is 22.1 Å². The molecule has 0 saturated heterocycles. The van der Waals surface area contributed by atoms with Crippen molar-refractivity contribution in [2.75, 3.05) is 0 Å². The molecule has 6 heteroatoms. The molecule has 1 N–H and O–H groups in total. The number of aromatic hydroxyl groups is 1. The van der Waals surface area contributed by atoms with Crippen molar-refractivity contribution >= 4 is 17.7 Å². The maximum absolute atomic E-state index is 11.2. The highest BCUT2D eigenvalue weighted by Gasteiger charge is 2.14. The number of oxazole rings is 1. The van der Waals surface area contributed by atoms with E-state index in [1.54, 1.807) is 36.4 Å². The van der Waals surface area contributed by atoms with Crippen LogP contribution in [0.3, 0.4) is 0 Å². The fraction of sp³-hybridized carbons (Fsp3) is 0.0625. The first-order chi connectivity index (χ1) is 10.6. The lowest BCUT2D eigenvalue weighted by Gasteiger charge is -1.95. The van der Waals surface area contributed by atoms with Crippen molar-refractivity contribution in [3.63, 3.8) is 0 Å². The van der Waals surface area contributed by atoms with E-state index in [1.807, 2.05) is 0 Å². The lowest BCUT2D eigenvalue weighted by molar-refractivity contribution is 0.101. The number of aromatic nitrogens is 1. The van der Waals surface area contributed by atoms with E-state index in [4.69, 9.17) is 8.83 Å². The van der Waals surface area contributed by atoms with Gasteiger partial charge in [-0.05, 0) is 43.3 Å². The number of aliphatic imine (C=N–C) groups is 1. The van der Waals surface area contributed by atoms with E-state index < -0.39 is 0 Å². The number of furan rings is 1. The summed E-state index contributed by atoms with van der Waals surface area (Å²) in [5.41, 5.74) is 1.44. The molecule has 110 valence electrons. The van der Waals surface area contributed by atoms with Gasteiger partial charge in [0.15, 0.2) is 17.2 Å². The molecule has 0 amide bonds. The summed E-state index contributed by atoms with van der Waals surface area (Å²) >= 11 is 0.